The minimum Gasteiger partial charge on any atom is -0.364 e. The lowest BCUT2D eigenvalue weighted by Crippen LogP contribution is -3.19. The van der Waals surface area contributed by atoms with Gasteiger partial charge in [-0.15, -0.1) is 0 Å². The molecule has 0 radical (unpaired) electrons. The van der Waals surface area contributed by atoms with Crippen LogP contribution >= 0.6 is 0 Å². The second-order valence-electron chi connectivity index (χ2n) is 6.59. The standard InChI is InChI=1S/C17H26N2O3/c1-9-7-19(8-10(2)22-9)13(5)17(21)16-11(3)15(14(6)20)12(4)18-16/h9-10,13,18H,7-8H2,1-6H3/p+1/t9-,10-,13-/m1/s1. The van der Waals surface area contributed by atoms with E-state index >= 15 is 0 Å². The summed E-state index contributed by atoms with van der Waals surface area (Å²) >= 11 is 0. The molecule has 2 rings (SSSR count). The average molecular weight is 307 g/mol. The van der Waals surface area contributed by atoms with Crippen LogP contribution in [0.25, 0.3) is 0 Å². The van der Waals surface area contributed by atoms with Crippen LogP contribution in [-0.2, 0) is 4.74 Å². The lowest BCUT2D eigenvalue weighted by molar-refractivity contribution is -0.928. The smallest absolute Gasteiger partial charge is 0.235 e. The minimum atomic E-state index is -0.148. The molecule has 22 heavy (non-hydrogen) atoms. The number of aromatic nitrogens is 1. The number of ketones is 2. The van der Waals surface area contributed by atoms with Crippen LogP contribution in [0, 0.1) is 13.8 Å². The average Bonchev–Trinajstić information content (AvgIpc) is 2.71. The molecule has 122 valence electrons. The number of hydrogen-bond acceptors (Lipinski definition) is 3. The highest BCUT2D eigenvalue weighted by Crippen LogP contribution is 2.19. The SMILES string of the molecule is CC(=O)c1c(C)[nH]c(C(=O)[C@@H](C)[NH+]2C[C@@H](C)O[C@H](C)C2)c1C. The third-order valence-corrected chi connectivity index (χ3v) is 4.61. The zero-order valence-corrected chi connectivity index (χ0v) is 14.4. The largest absolute Gasteiger partial charge is 0.364 e. The van der Waals surface area contributed by atoms with E-state index < -0.39 is 0 Å². The van der Waals surface area contributed by atoms with Gasteiger partial charge in [-0.05, 0) is 47.1 Å². The van der Waals surface area contributed by atoms with E-state index in [1.54, 1.807) is 0 Å². The Kier molecular flexibility index (Phi) is 4.87. The van der Waals surface area contributed by atoms with Crippen LogP contribution < -0.4 is 4.90 Å². The Hall–Kier alpha value is -1.46. The summed E-state index contributed by atoms with van der Waals surface area (Å²) in [6.07, 6.45) is 0.321. The molecule has 0 amide bonds. The number of hydrogen-bond donors (Lipinski definition) is 2. The Morgan fingerprint density at radius 2 is 1.77 bits per heavy atom. The molecule has 0 spiro atoms. The maximum absolute atomic E-state index is 12.9. The third kappa shape index (κ3) is 3.15. The maximum Gasteiger partial charge on any atom is 0.235 e. The van der Waals surface area contributed by atoms with Crippen molar-refractivity contribution < 1.29 is 19.2 Å². The van der Waals surface area contributed by atoms with Crippen molar-refractivity contribution in [3.63, 3.8) is 0 Å². The molecule has 0 bridgehead atoms. The van der Waals surface area contributed by atoms with Crippen molar-refractivity contribution in [3.05, 3.63) is 22.5 Å². The molecule has 3 atom stereocenters. The highest BCUT2D eigenvalue weighted by Gasteiger charge is 2.35. The monoisotopic (exact) mass is 307 g/mol. The zero-order valence-electron chi connectivity index (χ0n) is 14.4. The molecule has 0 saturated carbocycles. The molecule has 2 N–H and O–H groups in total. The number of carbonyl (C=O) groups excluding carboxylic acids is 2. The highest BCUT2D eigenvalue weighted by molar-refractivity contribution is 6.04. The van der Waals surface area contributed by atoms with Crippen LogP contribution in [0.15, 0.2) is 0 Å². The molecule has 1 aromatic heterocycles. The molecule has 0 unspecified atom stereocenters. The molecule has 1 saturated heterocycles. The molecule has 1 aliphatic heterocycles. The Labute approximate surface area is 132 Å². The molecule has 5 nitrogen and oxygen atoms in total. The summed E-state index contributed by atoms with van der Waals surface area (Å²) in [5.74, 6) is 0.0725. The lowest BCUT2D eigenvalue weighted by atomic mass is 10.0. The Morgan fingerprint density at radius 3 is 2.23 bits per heavy atom. The number of morpholine rings is 1. The maximum atomic E-state index is 12.9. The van der Waals surface area contributed by atoms with Gasteiger partial charge in [0.25, 0.3) is 0 Å². The topological polar surface area (TPSA) is 63.6 Å². The van der Waals surface area contributed by atoms with Gasteiger partial charge in [-0.3, -0.25) is 9.59 Å². The number of carbonyl (C=O) groups is 2. The van der Waals surface area contributed by atoms with E-state index in [0.717, 1.165) is 24.3 Å². The summed E-state index contributed by atoms with van der Waals surface area (Å²) in [5.41, 5.74) is 2.78. The Morgan fingerprint density at radius 1 is 1.23 bits per heavy atom. The molecule has 0 aliphatic carbocycles. The molecule has 1 fully saturated rings. The van der Waals surface area contributed by atoms with Crippen LogP contribution in [0.1, 0.15) is 59.8 Å². The van der Waals surface area contributed by atoms with E-state index in [2.05, 4.69) is 4.98 Å². The molecular formula is C17H27N2O3+. The number of ether oxygens (including phenoxy) is 1. The summed E-state index contributed by atoms with van der Waals surface area (Å²) in [5, 5.41) is 0. The number of aromatic amines is 1. The van der Waals surface area contributed by atoms with Crippen molar-refractivity contribution in [2.45, 2.75) is 59.8 Å². The van der Waals surface area contributed by atoms with Gasteiger partial charge in [0.05, 0.1) is 5.69 Å². The first-order chi connectivity index (χ1) is 10.2. The van der Waals surface area contributed by atoms with Gasteiger partial charge in [-0.2, -0.15) is 0 Å². The fourth-order valence-corrected chi connectivity index (χ4v) is 3.59. The number of rotatable bonds is 4. The summed E-state index contributed by atoms with van der Waals surface area (Å²) in [6, 6.07) is -0.148. The van der Waals surface area contributed by atoms with Gasteiger partial charge in [0.1, 0.15) is 25.3 Å². The van der Waals surface area contributed by atoms with Gasteiger partial charge in [-0.1, -0.05) is 0 Å². The van der Waals surface area contributed by atoms with Crippen molar-refractivity contribution >= 4 is 11.6 Å². The van der Waals surface area contributed by atoms with Crippen LogP contribution in [0.5, 0.6) is 0 Å². The number of aryl methyl sites for hydroxylation is 1. The first-order valence-electron chi connectivity index (χ1n) is 7.96. The summed E-state index contributed by atoms with van der Waals surface area (Å²) < 4.78 is 5.75. The second-order valence-corrected chi connectivity index (χ2v) is 6.59. The number of quaternary nitrogens is 1. The van der Waals surface area contributed by atoms with Gasteiger partial charge in [0.2, 0.25) is 5.78 Å². The van der Waals surface area contributed by atoms with Crippen LogP contribution in [0.4, 0.5) is 0 Å². The Balaban J connectivity index is 2.24. The summed E-state index contributed by atoms with van der Waals surface area (Å²) in [4.78, 5) is 29.0. The molecule has 2 heterocycles. The van der Waals surface area contributed by atoms with Gasteiger partial charge in [-0.25, -0.2) is 0 Å². The fraction of sp³-hybridized carbons (Fsp3) is 0.647. The first-order valence-corrected chi connectivity index (χ1v) is 7.96. The van der Waals surface area contributed by atoms with E-state index in [4.69, 9.17) is 4.74 Å². The van der Waals surface area contributed by atoms with Crippen molar-refractivity contribution in [1.29, 1.82) is 0 Å². The van der Waals surface area contributed by atoms with Crippen molar-refractivity contribution in [3.8, 4) is 0 Å². The molecule has 1 aliphatic rings. The van der Waals surface area contributed by atoms with Crippen LogP contribution in [0.3, 0.4) is 0 Å². The molecular weight excluding hydrogens is 280 g/mol. The minimum absolute atomic E-state index is 0.00100. The highest BCUT2D eigenvalue weighted by atomic mass is 16.5. The summed E-state index contributed by atoms with van der Waals surface area (Å²) in [6.45, 7) is 12.9. The quantitative estimate of drug-likeness (QED) is 0.819. The molecule has 5 heteroatoms. The fourth-order valence-electron chi connectivity index (χ4n) is 3.59. The summed E-state index contributed by atoms with van der Waals surface area (Å²) in [7, 11) is 0. The van der Waals surface area contributed by atoms with Crippen molar-refractivity contribution in [2.24, 2.45) is 0 Å². The van der Waals surface area contributed by atoms with Crippen molar-refractivity contribution in [1.82, 2.24) is 4.98 Å². The molecule has 1 aromatic rings. The zero-order chi connectivity index (χ0) is 16.6. The Bertz CT molecular complexity index is 581. The number of Topliss-reactive ketones (excluding diaryl/α,β-unsaturated/α-hetero) is 2. The van der Waals surface area contributed by atoms with E-state index in [1.807, 2.05) is 34.6 Å². The second kappa shape index (κ2) is 6.34. The number of nitrogens with one attached hydrogen (secondary N) is 2. The third-order valence-electron chi connectivity index (χ3n) is 4.61. The normalized spacial score (nSPS) is 26.7. The predicted octanol–water partition coefficient (Wildman–Crippen LogP) is 1.10. The first kappa shape index (κ1) is 16.9. The van der Waals surface area contributed by atoms with E-state index in [-0.39, 0.29) is 29.8 Å². The molecule has 0 aromatic carbocycles. The van der Waals surface area contributed by atoms with E-state index in [0.29, 0.717) is 11.3 Å². The van der Waals surface area contributed by atoms with E-state index in [9.17, 15) is 9.59 Å². The lowest BCUT2D eigenvalue weighted by Gasteiger charge is -2.35. The van der Waals surface area contributed by atoms with Crippen molar-refractivity contribution in [2.75, 3.05) is 13.1 Å². The van der Waals surface area contributed by atoms with Gasteiger partial charge in [0, 0.05) is 11.3 Å². The number of H-pyrrole nitrogens is 1. The van der Waals surface area contributed by atoms with Crippen LogP contribution in [-0.4, -0.2) is 47.9 Å². The van der Waals surface area contributed by atoms with Gasteiger partial charge >= 0.3 is 0 Å². The van der Waals surface area contributed by atoms with Gasteiger partial charge in [0.15, 0.2) is 11.8 Å². The van der Waals surface area contributed by atoms with Gasteiger partial charge < -0.3 is 14.6 Å². The predicted molar refractivity (Wildman–Crippen MR) is 84.8 cm³/mol. The van der Waals surface area contributed by atoms with Crippen LogP contribution in [0.2, 0.25) is 0 Å². The van der Waals surface area contributed by atoms with E-state index in [1.165, 1.54) is 11.8 Å².